The number of halogens is 1. The molecule has 1 fully saturated rings. The summed E-state index contributed by atoms with van der Waals surface area (Å²) in [6.45, 7) is 0.756. The fraction of sp³-hybridized carbons (Fsp3) is 0.200. The van der Waals surface area contributed by atoms with Gasteiger partial charge in [-0.2, -0.15) is 0 Å². The molecular weight excluding hydrogens is 775 g/mol. The van der Waals surface area contributed by atoms with Gasteiger partial charge in [0, 0.05) is 10.2 Å². The molecule has 5 aromatic rings. The van der Waals surface area contributed by atoms with Crippen molar-refractivity contribution in [2.45, 2.75) is 16.2 Å². The molecule has 0 spiro atoms. The van der Waals surface area contributed by atoms with Gasteiger partial charge in [0.1, 0.15) is 5.69 Å². The van der Waals surface area contributed by atoms with Crippen LogP contribution in [0.3, 0.4) is 0 Å². The Kier molecular flexibility index (Phi) is 11.0. The predicted octanol–water partition coefficient (Wildman–Crippen LogP) is 6.31. The molecule has 1 aliphatic carbocycles. The molecule has 7 rings (SSSR count). The van der Waals surface area contributed by atoms with Crippen LogP contribution in [0.15, 0.2) is 149 Å². The van der Waals surface area contributed by atoms with Crippen LogP contribution in [-0.4, -0.2) is 75.2 Å². The number of amides is 1. The summed E-state index contributed by atoms with van der Waals surface area (Å²) in [5, 5.41) is 5.51. The van der Waals surface area contributed by atoms with E-state index in [2.05, 4.69) is 116 Å². The average Bonchev–Trinajstić information content (AvgIpc) is 3.73. The standard InChI is InChI=1S/C40H40BrN4O6PS/c1-49-36-20-17-31(44-39(46)35-27-42-29-43-35)26-37(36)53(47,48)45(32-18-15-30(41)16-19-32)22-23-50-24-25-51-40-21-9-8-14-38(40)52(28-40,33-10-4-2-5-11-33)34-12-6-3-7-13-34/h2-21,26-27,29,38,52H,22-25,28H2,1H3,(H,42,43)(H,44,46). The molecule has 0 saturated carbocycles. The van der Waals surface area contributed by atoms with Crippen LogP contribution in [0.4, 0.5) is 11.4 Å². The number of aromatic nitrogens is 2. The first kappa shape index (κ1) is 36.8. The Morgan fingerprint density at radius 3 is 2.34 bits per heavy atom. The summed E-state index contributed by atoms with van der Waals surface area (Å²) in [7, 11) is -4.97. The Labute approximate surface area is 318 Å². The number of carbonyl (C=O) groups excluding carboxylic acids is 1. The van der Waals surface area contributed by atoms with Crippen LogP contribution in [0.5, 0.6) is 5.75 Å². The van der Waals surface area contributed by atoms with Gasteiger partial charge in [-0.15, -0.1) is 0 Å². The molecule has 2 atom stereocenters. The Hall–Kier alpha value is -4.58. The number of nitrogens with zero attached hydrogens (tertiary/aromatic N) is 2. The quantitative estimate of drug-likeness (QED) is 0.0939. The number of nitrogens with one attached hydrogen (secondary N) is 2. The number of benzene rings is 4. The topological polar surface area (TPSA) is 123 Å². The van der Waals surface area contributed by atoms with Gasteiger partial charge >= 0.3 is 226 Å². The SMILES string of the molecule is COc1ccc(NC(=O)c2cnc[nH]2)cc1S(=O)(=O)N(CCOCCOC12C=CC=CC1[PH](c1ccccc1)(c1ccccc1)C2)c1ccc(Br)cc1. The van der Waals surface area contributed by atoms with E-state index in [-0.39, 0.29) is 47.4 Å². The summed E-state index contributed by atoms with van der Waals surface area (Å²) >= 11 is 3.44. The first-order valence-corrected chi connectivity index (χ1v) is 21.7. The summed E-state index contributed by atoms with van der Waals surface area (Å²) in [6.07, 6.45) is 12.4. The first-order valence-electron chi connectivity index (χ1n) is 17.2. The molecule has 10 nitrogen and oxygen atoms in total. The number of H-pyrrole nitrogens is 1. The Morgan fingerprint density at radius 1 is 0.962 bits per heavy atom. The number of hydrogen-bond donors (Lipinski definition) is 2. The molecule has 2 N–H and O–H groups in total. The Balaban J connectivity index is 1.04. The molecule has 0 radical (unpaired) electrons. The van der Waals surface area contributed by atoms with Crippen molar-refractivity contribution in [2.75, 3.05) is 49.3 Å². The van der Waals surface area contributed by atoms with Crippen molar-refractivity contribution in [3.63, 3.8) is 0 Å². The molecule has 1 saturated heterocycles. The van der Waals surface area contributed by atoms with Crippen molar-refractivity contribution in [1.82, 2.24) is 9.97 Å². The fourth-order valence-electron chi connectivity index (χ4n) is 7.40. The number of sulfonamides is 1. The number of hydrogen-bond acceptors (Lipinski definition) is 7. The minimum atomic E-state index is -4.21. The van der Waals surface area contributed by atoms with Crippen molar-refractivity contribution < 1.29 is 27.4 Å². The third kappa shape index (κ3) is 7.34. The minimum absolute atomic E-state index is 0.0201. The number of aromatic amines is 1. The van der Waals surface area contributed by atoms with Crippen molar-refractivity contribution in [3.8, 4) is 5.75 Å². The zero-order chi connectivity index (χ0) is 36.9. The van der Waals surface area contributed by atoms with Crippen LogP contribution in [0.2, 0.25) is 0 Å². The van der Waals surface area contributed by atoms with Gasteiger partial charge in [0.15, 0.2) is 0 Å². The van der Waals surface area contributed by atoms with Gasteiger partial charge in [-0.25, -0.2) is 4.98 Å². The van der Waals surface area contributed by atoms with E-state index in [1.807, 2.05) is 0 Å². The van der Waals surface area contributed by atoms with Crippen LogP contribution in [-0.2, 0) is 19.5 Å². The summed E-state index contributed by atoms with van der Waals surface area (Å²) in [4.78, 5) is 19.2. The van der Waals surface area contributed by atoms with Crippen molar-refractivity contribution >= 4 is 61.1 Å². The van der Waals surface area contributed by atoms with E-state index in [9.17, 15) is 13.2 Å². The molecule has 2 aliphatic rings. The van der Waals surface area contributed by atoms with E-state index < -0.39 is 28.8 Å². The fourth-order valence-corrected chi connectivity index (χ4v) is 15.1. The van der Waals surface area contributed by atoms with E-state index in [0.717, 1.165) is 10.6 Å². The van der Waals surface area contributed by atoms with Crippen LogP contribution >= 0.6 is 23.2 Å². The van der Waals surface area contributed by atoms with Gasteiger partial charge in [0.2, 0.25) is 0 Å². The van der Waals surface area contributed by atoms with Crippen LogP contribution in [0, 0.1) is 0 Å². The van der Waals surface area contributed by atoms with E-state index in [0.29, 0.717) is 12.3 Å². The van der Waals surface area contributed by atoms with E-state index >= 15 is 0 Å². The van der Waals surface area contributed by atoms with E-state index in [1.165, 1.54) is 46.7 Å². The first-order chi connectivity index (χ1) is 25.8. The third-order valence-electron chi connectivity index (χ3n) is 9.87. The second-order valence-electron chi connectivity index (χ2n) is 12.9. The number of allylic oxidation sites excluding steroid dienone is 2. The number of methoxy groups -OCH3 is 1. The molecule has 1 aromatic heterocycles. The zero-order valence-electron chi connectivity index (χ0n) is 29.0. The molecule has 4 aromatic carbocycles. The molecule has 53 heavy (non-hydrogen) atoms. The van der Waals surface area contributed by atoms with Gasteiger partial charge in [-0.05, 0) is 12.1 Å². The van der Waals surface area contributed by atoms with Crippen molar-refractivity contribution in [3.05, 3.63) is 150 Å². The van der Waals surface area contributed by atoms with Gasteiger partial charge in [-0.3, -0.25) is 4.79 Å². The molecule has 0 bridgehead atoms. The van der Waals surface area contributed by atoms with Gasteiger partial charge in [0.05, 0.1) is 19.6 Å². The van der Waals surface area contributed by atoms with Crippen LogP contribution < -0.4 is 25.0 Å². The molecular formula is C40H40BrN4O6PS. The average molecular weight is 816 g/mol. The predicted molar refractivity (Wildman–Crippen MR) is 215 cm³/mol. The molecule has 13 heteroatoms. The molecule has 274 valence electrons. The van der Waals surface area contributed by atoms with Gasteiger partial charge < -0.3 is 15.0 Å². The molecule has 2 heterocycles. The van der Waals surface area contributed by atoms with Crippen LogP contribution in [0.1, 0.15) is 10.5 Å². The maximum absolute atomic E-state index is 14.4. The number of imidazole rings is 1. The van der Waals surface area contributed by atoms with E-state index in [4.69, 9.17) is 14.2 Å². The summed E-state index contributed by atoms with van der Waals surface area (Å²) in [5.74, 6) is -0.326. The second-order valence-corrected chi connectivity index (χ2v) is 19.7. The number of carbonyl (C=O) groups is 1. The monoisotopic (exact) mass is 814 g/mol. The number of anilines is 2. The van der Waals surface area contributed by atoms with E-state index in [1.54, 1.807) is 30.3 Å². The van der Waals surface area contributed by atoms with Crippen LogP contribution in [0.25, 0.3) is 0 Å². The molecule has 1 amide bonds. The summed E-state index contributed by atoms with van der Waals surface area (Å²) < 4.78 is 49.1. The number of rotatable bonds is 15. The summed E-state index contributed by atoms with van der Waals surface area (Å²) in [5.41, 5.74) is 0.746. The number of ether oxygens (including phenoxy) is 3. The number of fused-ring (bicyclic) bond motifs is 1. The zero-order valence-corrected chi connectivity index (χ0v) is 32.4. The Morgan fingerprint density at radius 2 is 1.68 bits per heavy atom. The van der Waals surface area contributed by atoms with Crippen molar-refractivity contribution in [2.24, 2.45) is 0 Å². The third-order valence-corrected chi connectivity index (χ3v) is 17.8. The van der Waals surface area contributed by atoms with Crippen molar-refractivity contribution in [1.29, 1.82) is 0 Å². The second kappa shape index (κ2) is 15.8. The normalized spacial score (nSPS) is 19.1. The van der Waals surface area contributed by atoms with Gasteiger partial charge in [-0.1, -0.05) is 15.9 Å². The molecule has 2 unspecified atom stereocenters. The summed E-state index contributed by atoms with van der Waals surface area (Å²) in [6, 6.07) is 33.1. The maximum atomic E-state index is 14.4. The van der Waals surface area contributed by atoms with Gasteiger partial charge in [0.25, 0.3) is 5.91 Å². The molecule has 1 aliphatic heterocycles. The Bertz CT molecular complexity index is 2160.